The third kappa shape index (κ3) is 2.54. The summed E-state index contributed by atoms with van der Waals surface area (Å²) in [7, 11) is 0. The van der Waals surface area contributed by atoms with Crippen LogP contribution in [0.25, 0.3) is 11.2 Å². The summed E-state index contributed by atoms with van der Waals surface area (Å²) < 4.78 is 1.98. The van der Waals surface area contributed by atoms with Gasteiger partial charge in [-0.3, -0.25) is 4.79 Å². The quantitative estimate of drug-likeness (QED) is 0.689. The Labute approximate surface area is 122 Å². The van der Waals surface area contributed by atoms with E-state index in [2.05, 4.69) is 28.8 Å². The van der Waals surface area contributed by atoms with E-state index in [0.717, 1.165) is 5.65 Å². The molecule has 0 fully saturated rings. The predicted octanol–water partition coefficient (Wildman–Crippen LogP) is 2.83. The highest BCUT2D eigenvalue weighted by Gasteiger charge is 2.15. The molecule has 2 aromatic heterocycles. The Balaban J connectivity index is 1.96. The van der Waals surface area contributed by atoms with Crippen molar-refractivity contribution in [1.29, 1.82) is 0 Å². The van der Waals surface area contributed by atoms with E-state index < -0.39 is 0 Å². The number of hydrogen-bond acceptors (Lipinski definition) is 4. The molecule has 0 amide bonds. The van der Waals surface area contributed by atoms with Crippen LogP contribution >= 0.6 is 0 Å². The van der Waals surface area contributed by atoms with Gasteiger partial charge in [-0.05, 0) is 13.8 Å². The second-order valence-corrected chi connectivity index (χ2v) is 5.20. The van der Waals surface area contributed by atoms with Crippen molar-refractivity contribution in [2.75, 3.05) is 0 Å². The summed E-state index contributed by atoms with van der Waals surface area (Å²) in [6.45, 7) is 4.13. The van der Waals surface area contributed by atoms with Gasteiger partial charge in [-0.2, -0.15) is 0 Å². The molecule has 0 atom stereocenters. The third-order valence-electron chi connectivity index (χ3n) is 3.41. The minimum absolute atomic E-state index is 0.0368. The highest BCUT2D eigenvalue weighted by Crippen LogP contribution is 2.18. The van der Waals surface area contributed by atoms with Gasteiger partial charge in [-0.25, -0.2) is 15.0 Å². The van der Waals surface area contributed by atoms with Gasteiger partial charge in [0.2, 0.25) is 0 Å². The van der Waals surface area contributed by atoms with E-state index in [1.54, 1.807) is 6.33 Å². The zero-order valence-electron chi connectivity index (χ0n) is 12.0. The van der Waals surface area contributed by atoms with Crippen molar-refractivity contribution in [1.82, 2.24) is 19.5 Å². The smallest absolute Gasteiger partial charge is 0.168 e. The monoisotopic (exact) mass is 280 g/mol. The summed E-state index contributed by atoms with van der Waals surface area (Å²) >= 11 is 0. The predicted molar refractivity (Wildman–Crippen MR) is 80.2 cm³/mol. The van der Waals surface area contributed by atoms with Crippen LogP contribution in [0.2, 0.25) is 0 Å². The first kappa shape index (κ1) is 13.4. The number of fused-ring (bicyclic) bond motifs is 1. The summed E-state index contributed by atoms with van der Waals surface area (Å²) in [5, 5.41) is 0. The van der Waals surface area contributed by atoms with Gasteiger partial charge in [0.05, 0.1) is 18.4 Å². The number of benzene rings is 1. The minimum Gasteiger partial charge on any atom is -0.313 e. The van der Waals surface area contributed by atoms with Crippen LogP contribution in [0.4, 0.5) is 0 Å². The number of rotatable bonds is 4. The van der Waals surface area contributed by atoms with Crippen LogP contribution in [0.15, 0.2) is 43.0 Å². The van der Waals surface area contributed by atoms with Gasteiger partial charge in [0.25, 0.3) is 0 Å². The molecule has 2 heterocycles. The Morgan fingerprint density at radius 2 is 1.90 bits per heavy atom. The molecule has 5 heteroatoms. The number of aromatic nitrogens is 4. The number of hydrogen-bond donors (Lipinski definition) is 0. The van der Waals surface area contributed by atoms with Crippen LogP contribution in [-0.4, -0.2) is 25.3 Å². The molecule has 5 nitrogen and oxygen atoms in total. The molecule has 0 aliphatic heterocycles. The lowest BCUT2D eigenvalue weighted by molar-refractivity contribution is 0.0992. The molecule has 3 aromatic rings. The molecule has 0 bridgehead atoms. The van der Waals surface area contributed by atoms with Crippen molar-refractivity contribution in [3.8, 4) is 0 Å². The molecular weight excluding hydrogens is 264 g/mol. The lowest BCUT2D eigenvalue weighted by atomic mass is 10.1. The summed E-state index contributed by atoms with van der Waals surface area (Å²) in [5.41, 5.74) is 2.84. The van der Waals surface area contributed by atoms with E-state index in [-0.39, 0.29) is 18.2 Å². The number of Topliss-reactive ketones (excluding diaryl/α,β-unsaturated/α-hetero) is 1. The molecule has 1 aromatic carbocycles. The number of nitrogens with zero attached hydrogens (tertiary/aromatic N) is 4. The summed E-state index contributed by atoms with van der Waals surface area (Å²) in [4.78, 5) is 25.2. The average Bonchev–Trinajstić information content (AvgIpc) is 2.93. The van der Waals surface area contributed by atoms with Crippen LogP contribution in [0.3, 0.4) is 0 Å². The first-order valence-corrected chi connectivity index (χ1v) is 6.91. The lowest BCUT2D eigenvalue weighted by Crippen LogP contribution is -2.07. The van der Waals surface area contributed by atoms with E-state index in [1.807, 2.05) is 34.9 Å². The molecule has 0 radical (unpaired) electrons. The fourth-order valence-electron chi connectivity index (χ4n) is 2.29. The fourth-order valence-corrected chi connectivity index (χ4v) is 2.29. The van der Waals surface area contributed by atoms with Gasteiger partial charge in [0.15, 0.2) is 11.4 Å². The Morgan fingerprint density at radius 3 is 2.62 bits per heavy atom. The molecule has 106 valence electrons. The van der Waals surface area contributed by atoms with Crippen molar-refractivity contribution in [2.24, 2.45) is 0 Å². The van der Waals surface area contributed by atoms with E-state index >= 15 is 0 Å². The molecular formula is C16H16N4O. The average molecular weight is 280 g/mol. The lowest BCUT2D eigenvalue weighted by Gasteiger charge is -2.07. The molecule has 0 aliphatic rings. The Bertz CT molecular complexity index is 777. The summed E-state index contributed by atoms with van der Waals surface area (Å²) in [6.07, 6.45) is 3.48. The molecule has 0 N–H and O–H groups in total. The molecule has 21 heavy (non-hydrogen) atoms. The van der Waals surface area contributed by atoms with Crippen molar-refractivity contribution in [2.45, 2.75) is 26.3 Å². The second kappa shape index (κ2) is 5.44. The largest absolute Gasteiger partial charge is 0.313 e. The highest BCUT2D eigenvalue weighted by atomic mass is 16.1. The maximum Gasteiger partial charge on any atom is 0.168 e. The molecule has 0 unspecified atom stereocenters. The van der Waals surface area contributed by atoms with Crippen molar-refractivity contribution in [3.63, 3.8) is 0 Å². The summed E-state index contributed by atoms with van der Waals surface area (Å²) in [5.74, 6) is 0.0368. The second-order valence-electron chi connectivity index (χ2n) is 5.20. The first-order chi connectivity index (χ1) is 10.2. The number of ketones is 1. The van der Waals surface area contributed by atoms with Crippen molar-refractivity contribution >= 4 is 16.9 Å². The third-order valence-corrected chi connectivity index (χ3v) is 3.41. The van der Waals surface area contributed by atoms with Gasteiger partial charge in [0.1, 0.15) is 11.8 Å². The van der Waals surface area contributed by atoms with Gasteiger partial charge in [0, 0.05) is 11.6 Å². The van der Waals surface area contributed by atoms with Gasteiger partial charge in [-0.1, -0.05) is 30.3 Å². The van der Waals surface area contributed by atoms with Crippen LogP contribution < -0.4 is 0 Å². The van der Waals surface area contributed by atoms with Gasteiger partial charge in [-0.15, -0.1) is 0 Å². The zero-order chi connectivity index (χ0) is 14.8. The van der Waals surface area contributed by atoms with E-state index in [9.17, 15) is 4.79 Å². The van der Waals surface area contributed by atoms with Crippen LogP contribution in [0.1, 0.15) is 35.9 Å². The van der Waals surface area contributed by atoms with Crippen LogP contribution in [0.5, 0.6) is 0 Å². The van der Waals surface area contributed by atoms with Crippen LogP contribution in [-0.2, 0) is 6.42 Å². The fraction of sp³-hybridized carbons (Fsp3) is 0.250. The Morgan fingerprint density at radius 1 is 1.14 bits per heavy atom. The normalized spacial score (nSPS) is 11.2. The van der Waals surface area contributed by atoms with E-state index in [4.69, 9.17) is 0 Å². The van der Waals surface area contributed by atoms with Crippen molar-refractivity contribution in [3.05, 3.63) is 54.2 Å². The SMILES string of the molecule is CC(C)n1cnc2c(CC(=O)c3ccccc3)ncnc21. The van der Waals surface area contributed by atoms with E-state index in [1.165, 1.54) is 6.33 Å². The van der Waals surface area contributed by atoms with Gasteiger partial charge >= 0.3 is 0 Å². The van der Waals surface area contributed by atoms with Crippen LogP contribution in [0, 0.1) is 0 Å². The maximum atomic E-state index is 12.3. The molecule has 0 saturated carbocycles. The van der Waals surface area contributed by atoms with Gasteiger partial charge < -0.3 is 4.57 Å². The van der Waals surface area contributed by atoms with E-state index in [0.29, 0.717) is 16.8 Å². The Kier molecular flexibility index (Phi) is 3.48. The number of carbonyl (C=O) groups is 1. The number of carbonyl (C=O) groups excluding carboxylic acids is 1. The van der Waals surface area contributed by atoms with Crippen molar-refractivity contribution < 1.29 is 4.79 Å². The Hall–Kier alpha value is -2.56. The summed E-state index contributed by atoms with van der Waals surface area (Å²) in [6, 6.07) is 9.50. The highest BCUT2D eigenvalue weighted by molar-refractivity contribution is 5.98. The number of imidazole rings is 1. The topological polar surface area (TPSA) is 60.7 Å². The molecule has 0 saturated heterocycles. The zero-order valence-corrected chi connectivity index (χ0v) is 12.0. The maximum absolute atomic E-state index is 12.3. The standard InChI is InChI=1S/C16H16N4O/c1-11(2)20-10-19-15-13(17-9-18-16(15)20)8-14(21)12-6-4-3-5-7-12/h3-7,9-11H,8H2,1-2H3. The molecule has 3 rings (SSSR count). The first-order valence-electron chi connectivity index (χ1n) is 6.91. The molecule has 0 aliphatic carbocycles. The minimum atomic E-state index is 0.0368. The molecule has 0 spiro atoms.